The number of unbranched alkanes of at least 4 members (excludes halogenated alkanes) is 7. The van der Waals surface area contributed by atoms with Crippen LogP contribution in [-0.2, 0) is 6.42 Å². The number of nitrogens with one attached hydrogen (secondary N) is 1. The van der Waals surface area contributed by atoms with Gasteiger partial charge in [0, 0.05) is 6.42 Å². The van der Waals surface area contributed by atoms with E-state index < -0.39 is 0 Å². The lowest BCUT2D eigenvalue weighted by molar-refractivity contribution is -0.848. The largest absolute Gasteiger partial charge is 0.634 e. The molecule has 1 unspecified atom stereocenters. The molecule has 0 aliphatic heterocycles. The third-order valence-corrected chi connectivity index (χ3v) is 3.84. The van der Waals surface area contributed by atoms with Crippen LogP contribution in [0.3, 0.4) is 0 Å². The number of quaternary nitrogens is 1. The quantitative estimate of drug-likeness (QED) is 0.457. The second-order valence-electron chi connectivity index (χ2n) is 5.75. The fourth-order valence-electron chi connectivity index (χ4n) is 2.51. The summed E-state index contributed by atoms with van der Waals surface area (Å²) in [6.45, 7) is 3.74. The highest BCUT2D eigenvalue weighted by Crippen LogP contribution is 2.07. The average molecular weight is 277 g/mol. The predicted octanol–water partition coefficient (Wildman–Crippen LogP) is 3.75. The van der Waals surface area contributed by atoms with E-state index >= 15 is 0 Å². The number of benzene rings is 1. The van der Waals surface area contributed by atoms with Gasteiger partial charge in [0.1, 0.15) is 0 Å². The second-order valence-corrected chi connectivity index (χ2v) is 5.75. The number of hydrogen-bond acceptors (Lipinski definition) is 1. The molecule has 0 aliphatic carbocycles. The van der Waals surface area contributed by atoms with Gasteiger partial charge in [-0.2, -0.15) is 0 Å². The van der Waals surface area contributed by atoms with Crippen LogP contribution in [0, 0.1) is 5.21 Å². The Bertz CT molecular complexity index is 312. The molecule has 0 amide bonds. The molecule has 1 aromatic carbocycles. The summed E-state index contributed by atoms with van der Waals surface area (Å²) in [5.74, 6) is 0. The van der Waals surface area contributed by atoms with Crippen LogP contribution < -0.4 is 5.06 Å². The van der Waals surface area contributed by atoms with Crippen LogP contribution in [0.15, 0.2) is 30.3 Å². The Morgan fingerprint density at radius 1 is 0.800 bits per heavy atom. The van der Waals surface area contributed by atoms with Gasteiger partial charge in [0.15, 0.2) is 0 Å². The molecule has 0 aromatic heterocycles. The SMILES string of the molecule is CCCCCCCCCC[NH+]([O-])CCc1ccccc1. The van der Waals surface area contributed by atoms with Gasteiger partial charge in [-0.1, -0.05) is 75.8 Å². The van der Waals surface area contributed by atoms with Crippen LogP contribution >= 0.6 is 0 Å². The third-order valence-electron chi connectivity index (χ3n) is 3.84. The maximum Gasteiger partial charge on any atom is 0.0809 e. The molecule has 20 heavy (non-hydrogen) atoms. The fourth-order valence-corrected chi connectivity index (χ4v) is 2.51. The molecule has 0 aliphatic rings. The first-order chi connectivity index (χ1) is 9.83. The fraction of sp³-hybridized carbons (Fsp3) is 0.667. The van der Waals surface area contributed by atoms with Gasteiger partial charge in [-0.25, -0.2) is 0 Å². The molecule has 114 valence electrons. The lowest BCUT2D eigenvalue weighted by atomic mass is 10.1. The van der Waals surface area contributed by atoms with E-state index in [2.05, 4.69) is 19.1 Å². The van der Waals surface area contributed by atoms with Gasteiger partial charge in [0.2, 0.25) is 0 Å². The van der Waals surface area contributed by atoms with Crippen molar-refractivity contribution in [1.29, 1.82) is 0 Å². The van der Waals surface area contributed by atoms with Crippen LogP contribution in [0.5, 0.6) is 0 Å². The van der Waals surface area contributed by atoms with Crippen LogP contribution in [0.2, 0.25) is 0 Å². The highest BCUT2D eigenvalue weighted by molar-refractivity contribution is 5.14. The molecule has 0 saturated heterocycles. The third kappa shape index (κ3) is 9.11. The molecule has 0 radical (unpaired) electrons. The first kappa shape index (κ1) is 17.2. The van der Waals surface area contributed by atoms with E-state index in [-0.39, 0.29) is 0 Å². The van der Waals surface area contributed by atoms with Crippen molar-refractivity contribution in [2.45, 2.75) is 64.7 Å². The van der Waals surface area contributed by atoms with Crippen molar-refractivity contribution in [2.24, 2.45) is 0 Å². The van der Waals surface area contributed by atoms with Crippen molar-refractivity contribution in [1.82, 2.24) is 0 Å². The average Bonchev–Trinajstić information content (AvgIpc) is 2.49. The minimum absolute atomic E-state index is 0.430. The van der Waals surface area contributed by atoms with Crippen molar-refractivity contribution >= 4 is 0 Å². The summed E-state index contributed by atoms with van der Waals surface area (Å²) < 4.78 is 0. The van der Waals surface area contributed by atoms with Gasteiger partial charge in [0.05, 0.1) is 13.1 Å². The lowest BCUT2D eigenvalue weighted by Gasteiger charge is -2.22. The van der Waals surface area contributed by atoms with Gasteiger partial charge < -0.3 is 10.3 Å². The molecule has 0 saturated carbocycles. The zero-order chi connectivity index (χ0) is 14.5. The minimum Gasteiger partial charge on any atom is -0.634 e. The zero-order valence-corrected chi connectivity index (χ0v) is 13.1. The molecule has 1 N–H and O–H groups in total. The smallest absolute Gasteiger partial charge is 0.0809 e. The van der Waals surface area contributed by atoms with Gasteiger partial charge >= 0.3 is 0 Å². The zero-order valence-electron chi connectivity index (χ0n) is 13.1. The Labute approximate surface area is 124 Å². The molecule has 0 heterocycles. The monoisotopic (exact) mass is 277 g/mol. The van der Waals surface area contributed by atoms with E-state index in [0.29, 0.717) is 11.6 Å². The summed E-state index contributed by atoms with van der Waals surface area (Å²) in [4.78, 5) is 0. The highest BCUT2D eigenvalue weighted by atomic mass is 16.5. The summed E-state index contributed by atoms with van der Waals surface area (Å²) >= 11 is 0. The van der Waals surface area contributed by atoms with Gasteiger partial charge in [-0.3, -0.25) is 0 Å². The molecule has 1 atom stereocenters. The number of rotatable bonds is 12. The van der Waals surface area contributed by atoms with E-state index in [9.17, 15) is 5.21 Å². The molecule has 1 rings (SSSR count). The molecule has 0 bridgehead atoms. The topological polar surface area (TPSA) is 27.5 Å². The van der Waals surface area contributed by atoms with E-state index in [1.807, 2.05) is 18.2 Å². The van der Waals surface area contributed by atoms with Crippen molar-refractivity contribution in [2.75, 3.05) is 13.1 Å². The van der Waals surface area contributed by atoms with E-state index in [1.165, 1.54) is 50.5 Å². The molecule has 1 aromatic rings. The Morgan fingerprint density at radius 3 is 2.05 bits per heavy atom. The summed E-state index contributed by atoms with van der Waals surface area (Å²) in [7, 11) is 0. The van der Waals surface area contributed by atoms with Gasteiger partial charge in [0.25, 0.3) is 0 Å². The summed E-state index contributed by atoms with van der Waals surface area (Å²) in [6, 6.07) is 10.3. The minimum atomic E-state index is 0.430. The van der Waals surface area contributed by atoms with Crippen molar-refractivity contribution in [3.63, 3.8) is 0 Å². The standard InChI is InChI=1S/C18H31NO/c1-2-3-4-5-6-7-8-12-16-19(20)17-15-18-13-10-9-11-14-18/h9-11,13-14,19H,2-8,12,15-17H2,1H3. The van der Waals surface area contributed by atoms with Crippen LogP contribution in [0.1, 0.15) is 63.9 Å². The van der Waals surface area contributed by atoms with E-state index in [0.717, 1.165) is 19.4 Å². The molecule has 2 nitrogen and oxygen atoms in total. The Kier molecular flexibility index (Phi) is 10.3. The Balaban J connectivity index is 1.91. The molecule has 2 heteroatoms. The first-order valence-corrected chi connectivity index (χ1v) is 8.38. The van der Waals surface area contributed by atoms with Crippen LogP contribution in [0.4, 0.5) is 0 Å². The first-order valence-electron chi connectivity index (χ1n) is 8.38. The Morgan fingerprint density at radius 2 is 1.40 bits per heavy atom. The van der Waals surface area contributed by atoms with Crippen LogP contribution in [0.25, 0.3) is 0 Å². The highest BCUT2D eigenvalue weighted by Gasteiger charge is 1.99. The second kappa shape index (κ2) is 11.9. The van der Waals surface area contributed by atoms with E-state index in [1.54, 1.807) is 0 Å². The predicted molar refractivity (Wildman–Crippen MR) is 86.8 cm³/mol. The molecule has 0 fully saturated rings. The maximum absolute atomic E-state index is 11.8. The Hall–Kier alpha value is -0.860. The lowest BCUT2D eigenvalue weighted by Crippen LogP contribution is -3.07. The molecule has 0 spiro atoms. The number of hydroxylamine groups is 2. The van der Waals surface area contributed by atoms with Gasteiger partial charge in [-0.15, -0.1) is 0 Å². The maximum atomic E-state index is 11.8. The van der Waals surface area contributed by atoms with Crippen molar-refractivity contribution in [3.05, 3.63) is 41.1 Å². The molecular formula is C18H31NO. The molecular weight excluding hydrogens is 246 g/mol. The summed E-state index contributed by atoms with van der Waals surface area (Å²) in [5, 5.41) is 12.2. The van der Waals surface area contributed by atoms with Gasteiger partial charge in [-0.05, 0) is 18.4 Å². The normalized spacial score (nSPS) is 12.5. The summed E-state index contributed by atoms with van der Waals surface area (Å²) in [5.41, 5.74) is 1.27. The van der Waals surface area contributed by atoms with Crippen molar-refractivity contribution in [3.8, 4) is 0 Å². The van der Waals surface area contributed by atoms with Crippen molar-refractivity contribution < 1.29 is 5.06 Å². The van der Waals surface area contributed by atoms with E-state index in [4.69, 9.17) is 0 Å². The summed E-state index contributed by atoms with van der Waals surface area (Å²) in [6.07, 6.45) is 11.3. The van der Waals surface area contributed by atoms with Crippen LogP contribution in [-0.4, -0.2) is 13.1 Å². The number of hydrogen-bond donors (Lipinski definition) is 1.